The minimum absolute atomic E-state index is 0.0286. The van der Waals surface area contributed by atoms with E-state index in [0.29, 0.717) is 6.54 Å². The average Bonchev–Trinajstić information content (AvgIpc) is 2.14. The molecule has 3 heteroatoms. The molecule has 0 heterocycles. The molecule has 2 nitrogen and oxygen atoms in total. The molecule has 0 unspecified atom stereocenters. The van der Waals surface area contributed by atoms with Gasteiger partial charge in [-0.15, -0.1) is 0 Å². The van der Waals surface area contributed by atoms with E-state index in [4.69, 9.17) is 11.5 Å². The van der Waals surface area contributed by atoms with Crippen molar-refractivity contribution in [3.63, 3.8) is 0 Å². The second-order valence-electron chi connectivity index (χ2n) is 3.54. The standard InChI is InChI=1S/C11H17FN2/c1-8-7-9(12)4-5-10(8)11(14)3-2-6-13/h4-5,7,11H,2-3,6,13-14H2,1H3/t11-/m0/s1. The predicted molar refractivity (Wildman–Crippen MR) is 56.4 cm³/mol. The normalized spacial score (nSPS) is 12.9. The highest BCUT2D eigenvalue weighted by molar-refractivity contribution is 5.29. The molecule has 0 aliphatic carbocycles. The SMILES string of the molecule is Cc1cc(F)ccc1[C@@H](N)CCCN. The van der Waals surface area contributed by atoms with Crippen LogP contribution in [0.4, 0.5) is 4.39 Å². The lowest BCUT2D eigenvalue weighted by atomic mass is 9.98. The van der Waals surface area contributed by atoms with E-state index in [9.17, 15) is 4.39 Å². The van der Waals surface area contributed by atoms with Crippen molar-refractivity contribution >= 4 is 0 Å². The fourth-order valence-corrected chi connectivity index (χ4v) is 1.55. The van der Waals surface area contributed by atoms with Gasteiger partial charge < -0.3 is 11.5 Å². The fourth-order valence-electron chi connectivity index (χ4n) is 1.55. The molecule has 0 saturated carbocycles. The number of benzene rings is 1. The predicted octanol–water partition coefficient (Wildman–Crippen LogP) is 1.87. The monoisotopic (exact) mass is 196 g/mol. The van der Waals surface area contributed by atoms with Crippen molar-refractivity contribution in [2.75, 3.05) is 6.54 Å². The fraction of sp³-hybridized carbons (Fsp3) is 0.455. The second-order valence-corrected chi connectivity index (χ2v) is 3.54. The van der Waals surface area contributed by atoms with Crippen LogP contribution in [0.1, 0.15) is 30.0 Å². The molecule has 0 saturated heterocycles. The lowest BCUT2D eigenvalue weighted by Gasteiger charge is -2.14. The first kappa shape index (κ1) is 11.1. The van der Waals surface area contributed by atoms with E-state index in [0.717, 1.165) is 24.0 Å². The number of hydrogen-bond acceptors (Lipinski definition) is 2. The van der Waals surface area contributed by atoms with Crippen LogP contribution in [-0.4, -0.2) is 6.54 Å². The van der Waals surface area contributed by atoms with Crippen molar-refractivity contribution < 1.29 is 4.39 Å². The van der Waals surface area contributed by atoms with Gasteiger partial charge in [-0.2, -0.15) is 0 Å². The van der Waals surface area contributed by atoms with Crippen molar-refractivity contribution in [2.24, 2.45) is 11.5 Å². The summed E-state index contributed by atoms with van der Waals surface area (Å²) in [5, 5.41) is 0. The molecule has 1 aromatic rings. The van der Waals surface area contributed by atoms with Gasteiger partial charge in [0, 0.05) is 6.04 Å². The number of aryl methyl sites for hydroxylation is 1. The van der Waals surface area contributed by atoms with Crippen LogP contribution in [-0.2, 0) is 0 Å². The lowest BCUT2D eigenvalue weighted by Crippen LogP contribution is -2.13. The van der Waals surface area contributed by atoms with E-state index < -0.39 is 0 Å². The van der Waals surface area contributed by atoms with E-state index in [2.05, 4.69) is 0 Å². The van der Waals surface area contributed by atoms with Crippen LogP contribution in [0.5, 0.6) is 0 Å². The summed E-state index contributed by atoms with van der Waals surface area (Å²) >= 11 is 0. The molecular formula is C11H17FN2. The Labute approximate surface area is 84.1 Å². The molecule has 0 radical (unpaired) electrons. The van der Waals surface area contributed by atoms with Crippen LogP contribution in [0.25, 0.3) is 0 Å². The van der Waals surface area contributed by atoms with Gasteiger partial charge in [-0.3, -0.25) is 0 Å². The lowest BCUT2D eigenvalue weighted by molar-refractivity contribution is 0.603. The molecule has 78 valence electrons. The Bertz CT molecular complexity index is 299. The Morgan fingerprint density at radius 1 is 1.43 bits per heavy atom. The maximum absolute atomic E-state index is 12.8. The van der Waals surface area contributed by atoms with E-state index in [-0.39, 0.29) is 11.9 Å². The molecular weight excluding hydrogens is 179 g/mol. The van der Waals surface area contributed by atoms with Gasteiger partial charge in [0.25, 0.3) is 0 Å². The molecule has 0 aromatic heterocycles. The Morgan fingerprint density at radius 2 is 2.14 bits per heavy atom. The van der Waals surface area contributed by atoms with Gasteiger partial charge in [0.2, 0.25) is 0 Å². The van der Waals surface area contributed by atoms with Crippen LogP contribution in [0.2, 0.25) is 0 Å². The number of halogens is 1. The second kappa shape index (κ2) is 5.08. The molecule has 0 fully saturated rings. The summed E-state index contributed by atoms with van der Waals surface area (Å²) in [7, 11) is 0. The Morgan fingerprint density at radius 3 is 2.71 bits per heavy atom. The molecule has 4 N–H and O–H groups in total. The quantitative estimate of drug-likeness (QED) is 0.772. The van der Waals surface area contributed by atoms with Gasteiger partial charge in [0.1, 0.15) is 5.82 Å². The largest absolute Gasteiger partial charge is 0.330 e. The smallest absolute Gasteiger partial charge is 0.123 e. The molecule has 0 aliphatic rings. The molecule has 1 atom stereocenters. The highest BCUT2D eigenvalue weighted by atomic mass is 19.1. The summed E-state index contributed by atoms with van der Waals surface area (Å²) in [6.07, 6.45) is 1.75. The first-order chi connectivity index (χ1) is 6.65. The van der Waals surface area contributed by atoms with Gasteiger partial charge >= 0.3 is 0 Å². The molecule has 0 spiro atoms. The first-order valence-electron chi connectivity index (χ1n) is 4.87. The van der Waals surface area contributed by atoms with Crippen molar-refractivity contribution in [3.05, 3.63) is 35.1 Å². The Hall–Kier alpha value is -0.930. The summed E-state index contributed by atoms with van der Waals surface area (Å²) in [4.78, 5) is 0. The van der Waals surface area contributed by atoms with Crippen LogP contribution >= 0.6 is 0 Å². The molecule has 0 aliphatic heterocycles. The molecule has 1 aromatic carbocycles. The van der Waals surface area contributed by atoms with Crippen LogP contribution in [0.15, 0.2) is 18.2 Å². The zero-order chi connectivity index (χ0) is 10.6. The van der Waals surface area contributed by atoms with Crippen molar-refractivity contribution in [3.8, 4) is 0 Å². The van der Waals surface area contributed by atoms with E-state index in [1.165, 1.54) is 12.1 Å². The van der Waals surface area contributed by atoms with Crippen molar-refractivity contribution in [1.29, 1.82) is 0 Å². The van der Waals surface area contributed by atoms with Gasteiger partial charge in [-0.05, 0) is 49.6 Å². The van der Waals surface area contributed by atoms with E-state index in [1.807, 2.05) is 6.92 Å². The summed E-state index contributed by atoms with van der Waals surface area (Å²) in [5.74, 6) is -0.211. The third-order valence-corrected chi connectivity index (χ3v) is 2.35. The van der Waals surface area contributed by atoms with Crippen LogP contribution in [0.3, 0.4) is 0 Å². The average molecular weight is 196 g/mol. The zero-order valence-electron chi connectivity index (χ0n) is 8.46. The topological polar surface area (TPSA) is 52.0 Å². The molecule has 14 heavy (non-hydrogen) atoms. The van der Waals surface area contributed by atoms with Gasteiger partial charge in [0.15, 0.2) is 0 Å². The summed E-state index contributed by atoms with van der Waals surface area (Å²) in [6, 6.07) is 4.69. The van der Waals surface area contributed by atoms with E-state index in [1.54, 1.807) is 6.07 Å². The molecule has 0 bridgehead atoms. The minimum atomic E-state index is -0.211. The maximum Gasteiger partial charge on any atom is 0.123 e. The van der Waals surface area contributed by atoms with Crippen molar-refractivity contribution in [2.45, 2.75) is 25.8 Å². The molecule has 0 amide bonds. The van der Waals surface area contributed by atoms with Gasteiger partial charge in [-0.25, -0.2) is 4.39 Å². The highest BCUT2D eigenvalue weighted by Gasteiger charge is 2.08. The summed E-state index contributed by atoms with van der Waals surface area (Å²) in [6.45, 7) is 2.52. The summed E-state index contributed by atoms with van der Waals surface area (Å²) < 4.78 is 12.8. The number of nitrogens with two attached hydrogens (primary N) is 2. The van der Waals surface area contributed by atoms with Crippen LogP contribution in [0, 0.1) is 12.7 Å². The Balaban J connectivity index is 2.74. The zero-order valence-corrected chi connectivity index (χ0v) is 8.46. The maximum atomic E-state index is 12.8. The van der Waals surface area contributed by atoms with E-state index >= 15 is 0 Å². The van der Waals surface area contributed by atoms with Crippen LogP contribution < -0.4 is 11.5 Å². The minimum Gasteiger partial charge on any atom is -0.330 e. The third-order valence-electron chi connectivity index (χ3n) is 2.35. The highest BCUT2D eigenvalue weighted by Crippen LogP contribution is 2.20. The van der Waals surface area contributed by atoms with Gasteiger partial charge in [0.05, 0.1) is 0 Å². The number of rotatable bonds is 4. The van der Waals surface area contributed by atoms with Crippen molar-refractivity contribution in [1.82, 2.24) is 0 Å². The molecule has 1 rings (SSSR count). The Kier molecular flexibility index (Phi) is 4.04. The third kappa shape index (κ3) is 2.79. The first-order valence-corrected chi connectivity index (χ1v) is 4.87. The summed E-state index contributed by atoms with van der Waals surface area (Å²) in [5.41, 5.74) is 13.3. The van der Waals surface area contributed by atoms with Gasteiger partial charge in [-0.1, -0.05) is 6.07 Å². The number of hydrogen-bond donors (Lipinski definition) is 2.